The van der Waals surface area contributed by atoms with Gasteiger partial charge < -0.3 is 9.05 Å². The summed E-state index contributed by atoms with van der Waals surface area (Å²) in [5, 5.41) is 0. The van der Waals surface area contributed by atoms with Gasteiger partial charge in [-0.2, -0.15) is 0 Å². The van der Waals surface area contributed by atoms with E-state index in [2.05, 4.69) is 6.58 Å². The second-order valence-corrected chi connectivity index (χ2v) is 4.49. The highest BCUT2D eigenvalue weighted by Gasteiger charge is 2.34. The van der Waals surface area contributed by atoms with Crippen molar-refractivity contribution in [2.75, 3.05) is 13.2 Å². The molecular formula is C8H16FO3P. The summed E-state index contributed by atoms with van der Waals surface area (Å²) in [6.07, 6.45) is 1.34. The summed E-state index contributed by atoms with van der Waals surface area (Å²) in [6, 6.07) is 0. The first-order valence-corrected chi connectivity index (χ1v) is 5.85. The lowest BCUT2D eigenvalue weighted by Crippen LogP contribution is -2.07. The highest BCUT2D eigenvalue weighted by Crippen LogP contribution is 2.54. The van der Waals surface area contributed by atoms with E-state index in [4.69, 9.17) is 9.05 Å². The largest absolute Gasteiger partial charge is 0.364 e. The summed E-state index contributed by atoms with van der Waals surface area (Å²) < 4.78 is 34.5. The number of halogens is 1. The van der Waals surface area contributed by atoms with Crippen LogP contribution in [0.3, 0.4) is 0 Å². The third-order valence-corrected chi connectivity index (χ3v) is 3.46. The molecule has 0 heterocycles. The van der Waals surface area contributed by atoms with E-state index in [0.717, 1.165) is 0 Å². The quantitative estimate of drug-likeness (QED) is 0.478. The summed E-state index contributed by atoms with van der Waals surface area (Å²) in [5.74, 6) is -1.61. The van der Waals surface area contributed by atoms with Gasteiger partial charge in [-0.25, -0.2) is 4.39 Å². The molecule has 5 heteroatoms. The Morgan fingerprint density at radius 2 is 1.92 bits per heavy atom. The first kappa shape index (κ1) is 12.8. The maximum absolute atomic E-state index is 13.2. The average Bonchev–Trinajstić information content (AvgIpc) is 2.05. The molecule has 3 nitrogen and oxygen atoms in total. The molecule has 0 aliphatic rings. The molecule has 0 amide bonds. The number of hydrogen-bond acceptors (Lipinski definition) is 3. The van der Waals surface area contributed by atoms with Crippen LogP contribution in [0, 0.1) is 0 Å². The maximum Gasteiger partial charge on any atom is 0.364 e. The highest BCUT2D eigenvalue weighted by atomic mass is 31.2. The topological polar surface area (TPSA) is 35.5 Å². The predicted molar refractivity (Wildman–Crippen MR) is 50.6 cm³/mol. The fourth-order valence-corrected chi connectivity index (χ4v) is 2.35. The molecule has 0 fully saturated rings. The van der Waals surface area contributed by atoms with Gasteiger partial charge in [-0.15, -0.1) is 6.58 Å². The summed E-state index contributed by atoms with van der Waals surface area (Å²) in [4.78, 5) is 0. The van der Waals surface area contributed by atoms with Crippen molar-refractivity contribution in [3.05, 3.63) is 12.7 Å². The lowest BCUT2D eigenvalue weighted by molar-refractivity contribution is 0.190. The van der Waals surface area contributed by atoms with Crippen LogP contribution in [0.25, 0.3) is 0 Å². The van der Waals surface area contributed by atoms with Crippen LogP contribution in [0.5, 0.6) is 0 Å². The Morgan fingerprint density at radius 1 is 1.46 bits per heavy atom. The van der Waals surface area contributed by atoms with Crippen molar-refractivity contribution in [1.29, 1.82) is 0 Å². The van der Waals surface area contributed by atoms with Crippen molar-refractivity contribution >= 4 is 7.60 Å². The maximum atomic E-state index is 13.2. The van der Waals surface area contributed by atoms with Gasteiger partial charge in [0, 0.05) is 6.42 Å². The fraction of sp³-hybridized carbons (Fsp3) is 0.750. The van der Waals surface area contributed by atoms with Crippen LogP contribution in [0.4, 0.5) is 4.39 Å². The molecule has 0 spiro atoms. The van der Waals surface area contributed by atoms with E-state index in [1.165, 1.54) is 6.08 Å². The van der Waals surface area contributed by atoms with E-state index in [-0.39, 0.29) is 19.6 Å². The van der Waals surface area contributed by atoms with E-state index >= 15 is 0 Å². The Hall–Kier alpha value is -0.180. The van der Waals surface area contributed by atoms with Crippen LogP contribution >= 0.6 is 7.60 Å². The molecule has 0 aromatic carbocycles. The third-order valence-electron chi connectivity index (χ3n) is 1.32. The van der Waals surface area contributed by atoms with Gasteiger partial charge in [0.05, 0.1) is 13.2 Å². The molecule has 0 N–H and O–H groups in total. The Labute approximate surface area is 78.5 Å². The molecule has 0 rings (SSSR count). The van der Waals surface area contributed by atoms with Crippen molar-refractivity contribution < 1.29 is 18.0 Å². The molecule has 0 saturated heterocycles. The molecule has 78 valence electrons. The number of rotatable bonds is 7. The molecule has 0 aliphatic carbocycles. The minimum absolute atomic E-state index is 0.0166. The predicted octanol–water partition coefficient (Wildman–Crippen LogP) is 3.12. The van der Waals surface area contributed by atoms with Crippen molar-refractivity contribution in [3.8, 4) is 0 Å². The molecule has 0 aromatic heterocycles. The van der Waals surface area contributed by atoms with Crippen molar-refractivity contribution in [2.24, 2.45) is 0 Å². The number of allylic oxidation sites excluding steroid dienone is 1. The van der Waals surface area contributed by atoms with E-state index in [9.17, 15) is 8.96 Å². The van der Waals surface area contributed by atoms with Crippen LogP contribution < -0.4 is 0 Å². The van der Waals surface area contributed by atoms with Gasteiger partial charge in [-0.1, -0.05) is 6.08 Å². The van der Waals surface area contributed by atoms with Crippen LogP contribution in [0.1, 0.15) is 20.3 Å². The van der Waals surface area contributed by atoms with Gasteiger partial charge in [0.25, 0.3) is 0 Å². The van der Waals surface area contributed by atoms with E-state index in [1.54, 1.807) is 13.8 Å². The monoisotopic (exact) mass is 210 g/mol. The summed E-state index contributed by atoms with van der Waals surface area (Å²) >= 11 is 0. The molecule has 1 atom stereocenters. The Morgan fingerprint density at radius 3 is 2.23 bits per heavy atom. The average molecular weight is 210 g/mol. The SMILES string of the molecule is C=CCC(F)P(=O)(OCC)OCC. The lowest BCUT2D eigenvalue weighted by atomic mass is 10.5. The Bertz CT molecular complexity index is 186. The molecular weight excluding hydrogens is 194 g/mol. The number of hydrogen-bond donors (Lipinski definition) is 0. The lowest BCUT2D eigenvalue weighted by Gasteiger charge is -2.19. The van der Waals surface area contributed by atoms with Crippen LogP contribution in [0.15, 0.2) is 12.7 Å². The van der Waals surface area contributed by atoms with Gasteiger partial charge in [0.15, 0.2) is 0 Å². The van der Waals surface area contributed by atoms with Crippen molar-refractivity contribution in [2.45, 2.75) is 26.2 Å². The van der Waals surface area contributed by atoms with Crippen LogP contribution in [-0.4, -0.2) is 19.1 Å². The zero-order chi connectivity index (χ0) is 10.3. The van der Waals surface area contributed by atoms with Crippen molar-refractivity contribution in [3.63, 3.8) is 0 Å². The van der Waals surface area contributed by atoms with Crippen molar-refractivity contribution in [1.82, 2.24) is 0 Å². The third kappa shape index (κ3) is 4.03. The summed E-state index contributed by atoms with van der Waals surface area (Å²) in [6.45, 7) is 7.00. The number of alkyl halides is 1. The molecule has 0 bridgehead atoms. The van der Waals surface area contributed by atoms with E-state index in [0.29, 0.717) is 0 Å². The standard InChI is InChI=1S/C8H16FO3P/c1-4-7-8(9)13(10,11-5-2)12-6-3/h4,8H,1,5-7H2,2-3H3. The van der Waals surface area contributed by atoms with Gasteiger partial charge >= 0.3 is 7.60 Å². The minimum atomic E-state index is -3.56. The Kier molecular flexibility index (Phi) is 6.21. The van der Waals surface area contributed by atoms with Crippen LogP contribution in [-0.2, 0) is 13.6 Å². The minimum Gasteiger partial charge on any atom is -0.307 e. The molecule has 0 saturated carbocycles. The van der Waals surface area contributed by atoms with E-state index in [1.807, 2.05) is 0 Å². The molecule has 0 aromatic rings. The molecule has 0 radical (unpaired) electrons. The normalized spacial score (nSPS) is 14.1. The first-order chi connectivity index (χ1) is 6.10. The van der Waals surface area contributed by atoms with Gasteiger partial charge in [0.1, 0.15) is 0 Å². The summed E-state index contributed by atoms with van der Waals surface area (Å²) in [5.41, 5.74) is 0. The van der Waals surface area contributed by atoms with Gasteiger partial charge in [0.2, 0.25) is 5.91 Å². The molecule has 13 heavy (non-hydrogen) atoms. The van der Waals surface area contributed by atoms with E-state index < -0.39 is 13.5 Å². The van der Waals surface area contributed by atoms with Gasteiger partial charge in [-0.05, 0) is 13.8 Å². The zero-order valence-electron chi connectivity index (χ0n) is 8.03. The second-order valence-electron chi connectivity index (χ2n) is 2.33. The fourth-order valence-electron chi connectivity index (χ4n) is 0.826. The highest BCUT2D eigenvalue weighted by molar-refractivity contribution is 7.54. The molecule has 0 aliphatic heterocycles. The Balaban J connectivity index is 4.36. The second kappa shape index (κ2) is 6.30. The first-order valence-electron chi connectivity index (χ1n) is 4.24. The zero-order valence-corrected chi connectivity index (χ0v) is 8.93. The van der Waals surface area contributed by atoms with Crippen LogP contribution in [0.2, 0.25) is 0 Å². The molecule has 1 unspecified atom stereocenters. The smallest absolute Gasteiger partial charge is 0.307 e. The summed E-state index contributed by atoms with van der Waals surface area (Å²) in [7, 11) is -3.56. The van der Waals surface area contributed by atoms with Gasteiger partial charge in [-0.3, -0.25) is 4.57 Å².